The molecule has 0 radical (unpaired) electrons. The standard InChI is InChI=1S/C34H38N4OS/c1-21-18-22(2)32(23(3)19-21)37-24(4)20-29(25(37)5)33-31(30-12-8-9-17-35-30)36-34(40)38(33)26-13-15-28(16-14-26)39-27-10-6-7-11-27/h8-9,12-20,27,31,33H,6-7,10-11H2,1-5H3,(H,36,40)/t31-,33+/m1/s1. The van der Waals surface area contributed by atoms with Gasteiger partial charge in [0.05, 0.1) is 29.6 Å². The summed E-state index contributed by atoms with van der Waals surface area (Å²) in [6.07, 6.45) is 6.99. The lowest BCUT2D eigenvalue weighted by Crippen LogP contribution is -2.29. The Hall–Kier alpha value is -3.64. The van der Waals surface area contributed by atoms with E-state index in [1.165, 1.54) is 52.2 Å². The lowest BCUT2D eigenvalue weighted by molar-refractivity contribution is 0.210. The van der Waals surface area contributed by atoms with Gasteiger partial charge in [0.25, 0.3) is 0 Å². The molecule has 6 rings (SSSR count). The van der Waals surface area contributed by atoms with Crippen LogP contribution >= 0.6 is 12.2 Å². The van der Waals surface area contributed by atoms with Gasteiger partial charge in [-0.25, -0.2) is 0 Å². The summed E-state index contributed by atoms with van der Waals surface area (Å²) >= 11 is 6.01. The molecular weight excluding hydrogens is 512 g/mol. The number of nitrogens with one attached hydrogen (secondary N) is 1. The predicted molar refractivity (Wildman–Crippen MR) is 167 cm³/mol. The number of hydrogen-bond donors (Lipinski definition) is 1. The molecule has 6 heteroatoms. The maximum absolute atomic E-state index is 6.26. The highest BCUT2D eigenvalue weighted by molar-refractivity contribution is 7.80. The van der Waals surface area contributed by atoms with Crippen LogP contribution in [0.25, 0.3) is 5.69 Å². The maximum Gasteiger partial charge on any atom is 0.174 e. The molecule has 5 nitrogen and oxygen atoms in total. The second-order valence-electron chi connectivity index (χ2n) is 11.4. The van der Waals surface area contributed by atoms with E-state index in [9.17, 15) is 0 Å². The van der Waals surface area contributed by atoms with Crippen molar-refractivity contribution in [1.29, 1.82) is 0 Å². The molecule has 1 N–H and O–H groups in total. The number of thiocarbonyl (C=S) groups is 1. The number of nitrogens with zero attached hydrogens (tertiary/aromatic N) is 3. The van der Waals surface area contributed by atoms with Crippen LogP contribution < -0.4 is 15.0 Å². The van der Waals surface area contributed by atoms with Crippen molar-refractivity contribution in [2.75, 3.05) is 4.90 Å². The molecular formula is C34H38N4OS. The Balaban J connectivity index is 1.44. The lowest BCUT2D eigenvalue weighted by atomic mass is 9.96. The van der Waals surface area contributed by atoms with E-state index in [1.54, 1.807) is 0 Å². The van der Waals surface area contributed by atoms with E-state index in [-0.39, 0.29) is 12.1 Å². The van der Waals surface area contributed by atoms with E-state index < -0.39 is 0 Å². The van der Waals surface area contributed by atoms with Crippen LogP contribution in [-0.4, -0.2) is 20.8 Å². The number of aryl methyl sites for hydroxylation is 4. The number of hydrogen-bond acceptors (Lipinski definition) is 3. The second-order valence-corrected chi connectivity index (χ2v) is 11.8. The largest absolute Gasteiger partial charge is 0.490 e. The van der Waals surface area contributed by atoms with Crippen LogP contribution in [0.15, 0.2) is 66.9 Å². The highest BCUT2D eigenvalue weighted by Crippen LogP contribution is 2.44. The Labute approximate surface area is 243 Å². The van der Waals surface area contributed by atoms with Crippen molar-refractivity contribution in [3.05, 3.63) is 106 Å². The zero-order chi connectivity index (χ0) is 28.0. The van der Waals surface area contributed by atoms with Gasteiger partial charge in [-0.3, -0.25) is 4.98 Å². The number of anilines is 1. The first kappa shape index (κ1) is 26.6. The van der Waals surface area contributed by atoms with E-state index >= 15 is 0 Å². The maximum atomic E-state index is 6.26. The smallest absolute Gasteiger partial charge is 0.174 e. The number of benzene rings is 2. The molecule has 2 aromatic carbocycles. The minimum atomic E-state index is -0.0859. The molecule has 1 aliphatic heterocycles. The fourth-order valence-electron chi connectivity index (χ4n) is 6.79. The zero-order valence-electron chi connectivity index (χ0n) is 24.1. The van der Waals surface area contributed by atoms with Crippen molar-refractivity contribution in [1.82, 2.24) is 14.9 Å². The Morgan fingerprint density at radius 3 is 2.25 bits per heavy atom. The third-order valence-electron chi connectivity index (χ3n) is 8.47. The average Bonchev–Trinajstić information content (AvgIpc) is 3.63. The molecule has 40 heavy (non-hydrogen) atoms. The normalized spacial score (nSPS) is 19.3. The molecule has 2 atom stereocenters. The summed E-state index contributed by atoms with van der Waals surface area (Å²) < 4.78 is 8.67. The van der Waals surface area contributed by atoms with E-state index in [4.69, 9.17) is 21.9 Å². The summed E-state index contributed by atoms with van der Waals surface area (Å²) in [6.45, 7) is 11.0. The van der Waals surface area contributed by atoms with Crippen molar-refractivity contribution < 1.29 is 4.74 Å². The molecule has 4 aromatic rings. The fraction of sp³-hybridized carbons (Fsp3) is 0.353. The molecule has 2 aromatic heterocycles. The first-order valence-electron chi connectivity index (χ1n) is 14.4. The molecule has 2 aliphatic rings. The van der Waals surface area contributed by atoms with Gasteiger partial charge in [0, 0.05) is 23.3 Å². The number of aromatic nitrogens is 2. The number of rotatable bonds is 6. The monoisotopic (exact) mass is 550 g/mol. The molecule has 1 saturated heterocycles. The summed E-state index contributed by atoms with van der Waals surface area (Å²) in [6, 6.07) is 21.3. The van der Waals surface area contributed by atoms with Crippen molar-refractivity contribution >= 4 is 23.0 Å². The van der Waals surface area contributed by atoms with Crippen molar-refractivity contribution in [2.45, 2.75) is 78.5 Å². The minimum absolute atomic E-state index is 0.0602. The Bertz CT molecular complexity index is 1510. The van der Waals surface area contributed by atoms with Gasteiger partial charge in [-0.05, 0) is 132 Å². The Morgan fingerprint density at radius 1 is 0.900 bits per heavy atom. The van der Waals surface area contributed by atoms with Gasteiger partial charge in [-0.2, -0.15) is 0 Å². The molecule has 3 heterocycles. The van der Waals surface area contributed by atoms with Crippen molar-refractivity contribution in [3.63, 3.8) is 0 Å². The topological polar surface area (TPSA) is 42.3 Å². The fourth-order valence-corrected chi connectivity index (χ4v) is 7.14. The summed E-state index contributed by atoms with van der Waals surface area (Å²) in [5.74, 6) is 0.926. The zero-order valence-corrected chi connectivity index (χ0v) is 24.9. The SMILES string of the molecule is Cc1cc(C)c(-n2c(C)cc([C@H]3[C@@H](c4ccccn4)NC(=S)N3c3ccc(OC4CCCC4)cc3)c2C)c(C)c1. The van der Waals surface area contributed by atoms with Crippen LogP contribution in [-0.2, 0) is 0 Å². The Morgan fingerprint density at radius 2 is 1.60 bits per heavy atom. The van der Waals surface area contributed by atoms with Crippen LogP contribution in [0, 0.1) is 34.6 Å². The van der Waals surface area contributed by atoms with Crippen LogP contribution in [0.3, 0.4) is 0 Å². The van der Waals surface area contributed by atoms with Gasteiger partial charge < -0.3 is 19.5 Å². The molecule has 0 spiro atoms. The van der Waals surface area contributed by atoms with Crippen LogP contribution in [0.1, 0.15) is 77.1 Å². The number of ether oxygens (including phenoxy) is 1. The van der Waals surface area contributed by atoms with Gasteiger partial charge in [-0.1, -0.05) is 23.8 Å². The molecule has 1 saturated carbocycles. The van der Waals surface area contributed by atoms with E-state index in [1.807, 2.05) is 18.3 Å². The summed E-state index contributed by atoms with van der Waals surface area (Å²) in [5, 5.41) is 4.33. The summed E-state index contributed by atoms with van der Waals surface area (Å²) in [7, 11) is 0. The van der Waals surface area contributed by atoms with Gasteiger partial charge in [0.2, 0.25) is 0 Å². The van der Waals surface area contributed by atoms with Crippen LogP contribution in [0.5, 0.6) is 5.75 Å². The average molecular weight is 551 g/mol. The van der Waals surface area contributed by atoms with Crippen LogP contribution in [0.4, 0.5) is 5.69 Å². The van der Waals surface area contributed by atoms with E-state index in [2.05, 4.69) is 97.9 Å². The number of pyridine rings is 1. The Kier molecular flexibility index (Phi) is 7.13. The first-order chi connectivity index (χ1) is 19.3. The highest BCUT2D eigenvalue weighted by atomic mass is 32.1. The van der Waals surface area contributed by atoms with Crippen LogP contribution in [0.2, 0.25) is 0 Å². The minimum Gasteiger partial charge on any atom is -0.490 e. The van der Waals surface area contributed by atoms with Gasteiger partial charge >= 0.3 is 0 Å². The first-order valence-corrected chi connectivity index (χ1v) is 14.8. The quantitative estimate of drug-likeness (QED) is 0.247. The van der Waals surface area contributed by atoms with Gasteiger partial charge in [0.1, 0.15) is 5.75 Å². The third kappa shape index (κ3) is 4.79. The molecule has 2 fully saturated rings. The van der Waals surface area contributed by atoms with E-state index in [0.29, 0.717) is 11.2 Å². The van der Waals surface area contributed by atoms with Gasteiger partial charge in [0.15, 0.2) is 5.11 Å². The summed E-state index contributed by atoms with van der Waals surface area (Å²) in [4.78, 5) is 7.01. The molecule has 1 aliphatic carbocycles. The molecule has 0 bridgehead atoms. The third-order valence-corrected chi connectivity index (χ3v) is 8.78. The second kappa shape index (κ2) is 10.7. The van der Waals surface area contributed by atoms with Crippen molar-refractivity contribution in [2.24, 2.45) is 0 Å². The van der Waals surface area contributed by atoms with E-state index in [0.717, 1.165) is 30.0 Å². The predicted octanol–water partition coefficient (Wildman–Crippen LogP) is 7.91. The van der Waals surface area contributed by atoms with Crippen molar-refractivity contribution in [3.8, 4) is 11.4 Å². The summed E-state index contributed by atoms with van der Waals surface area (Å²) in [5.41, 5.74) is 10.8. The lowest BCUT2D eigenvalue weighted by Gasteiger charge is -2.28. The molecule has 0 unspecified atom stereocenters. The van der Waals surface area contributed by atoms with Gasteiger partial charge in [-0.15, -0.1) is 0 Å². The molecule has 0 amide bonds. The molecule has 206 valence electrons. The highest BCUT2D eigenvalue weighted by Gasteiger charge is 2.42.